The number of benzene rings is 1. The molecule has 0 spiro atoms. The lowest BCUT2D eigenvalue weighted by molar-refractivity contribution is -0.120. The Balaban J connectivity index is 1.58. The van der Waals surface area contributed by atoms with Gasteiger partial charge in [0.1, 0.15) is 5.82 Å². The zero-order chi connectivity index (χ0) is 14.5. The van der Waals surface area contributed by atoms with E-state index in [1.54, 1.807) is 0 Å². The zero-order valence-corrected chi connectivity index (χ0v) is 12.5. The van der Waals surface area contributed by atoms with Gasteiger partial charge in [-0.3, -0.25) is 4.79 Å². The summed E-state index contributed by atoms with van der Waals surface area (Å²) in [6, 6.07) is 10.1. The number of carbonyl (C=O) groups excluding carboxylic acids is 1. The number of nitrogens with one attached hydrogen (secondary N) is 2. The Bertz CT molecular complexity index is 593. The number of amides is 1. The van der Waals surface area contributed by atoms with Gasteiger partial charge in [-0.05, 0) is 31.5 Å². The molecule has 110 valence electrons. The van der Waals surface area contributed by atoms with Gasteiger partial charge in [0.15, 0.2) is 0 Å². The number of carbonyl (C=O) groups is 1. The number of nitrogens with zero attached hydrogens (tertiary/aromatic N) is 2. The van der Waals surface area contributed by atoms with Gasteiger partial charge in [0.25, 0.3) is 0 Å². The molecule has 21 heavy (non-hydrogen) atoms. The van der Waals surface area contributed by atoms with Gasteiger partial charge in [0.05, 0.1) is 0 Å². The Labute approximate surface area is 128 Å². The van der Waals surface area contributed by atoms with Crippen molar-refractivity contribution in [3.8, 4) is 0 Å². The predicted octanol–water partition coefficient (Wildman–Crippen LogP) is 2.07. The summed E-state index contributed by atoms with van der Waals surface area (Å²) < 4.78 is 4.31. The minimum Gasteiger partial charge on any atom is -0.317 e. The lowest BCUT2D eigenvalue weighted by Gasteiger charge is -2.20. The van der Waals surface area contributed by atoms with E-state index in [1.807, 2.05) is 30.3 Å². The average Bonchev–Trinajstić information content (AvgIpc) is 2.96. The van der Waals surface area contributed by atoms with Crippen molar-refractivity contribution in [3.63, 3.8) is 0 Å². The first-order valence-electron chi connectivity index (χ1n) is 7.19. The summed E-state index contributed by atoms with van der Waals surface area (Å²) in [4.78, 5) is 16.5. The molecule has 0 unspecified atom stereocenters. The van der Waals surface area contributed by atoms with Crippen molar-refractivity contribution >= 4 is 22.6 Å². The van der Waals surface area contributed by atoms with Gasteiger partial charge in [-0.15, -0.1) is 0 Å². The minimum atomic E-state index is 0.0684. The largest absolute Gasteiger partial charge is 0.317 e. The van der Waals surface area contributed by atoms with Crippen molar-refractivity contribution in [1.29, 1.82) is 0 Å². The Morgan fingerprint density at radius 2 is 2.05 bits per heavy atom. The quantitative estimate of drug-likeness (QED) is 0.907. The monoisotopic (exact) mass is 302 g/mol. The number of rotatable bonds is 4. The van der Waals surface area contributed by atoms with Crippen molar-refractivity contribution in [2.45, 2.75) is 19.3 Å². The number of anilines is 1. The molecule has 6 heteroatoms. The third-order valence-corrected chi connectivity index (χ3v) is 4.28. The molecular formula is C15H18N4OS. The molecule has 1 aromatic heterocycles. The first-order valence-corrected chi connectivity index (χ1v) is 7.97. The minimum absolute atomic E-state index is 0.0684. The lowest BCUT2D eigenvalue weighted by Crippen LogP contribution is -2.34. The number of piperidine rings is 1. The zero-order valence-electron chi connectivity index (χ0n) is 11.7. The highest BCUT2D eigenvalue weighted by Crippen LogP contribution is 2.18. The number of hydrogen-bond acceptors (Lipinski definition) is 5. The van der Waals surface area contributed by atoms with E-state index in [9.17, 15) is 4.79 Å². The van der Waals surface area contributed by atoms with Crippen LogP contribution in [0.25, 0.3) is 0 Å². The van der Waals surface area contributed by atoms with E-state index >= 15 is 0 Å². The van der Waals surface area contributed by atoms with Crippen LogP contribution in [0.15, 0.2) is 30.3 Å². The van der Waals surface area contributed by atoms with Crippen LogP contribution in [0.2, 0.25) is 0 Å². The SMILES string of the molecule is O=C(Nc1nc(Cc2ccccc2)ns1)C1CCNCC1. The molecule has 3 rings (SSSR count). The molecule has 0 saturated carbocycles. The molecule has 2 heterocycles. The molecule has 0 aliphatic carbocycles. The molecule has 0 radical (unpaired) electrons. The molecule has 1 aliphatic heterocycles. The standard InChI is InChI=1S/C15H18N4OS/c20-14(12-6-8-16-9-7-12)18-15-17-13(19-21-15)10-11-4-2-1-3-5-11/h1-5,12,16H,6-10H2,(H,17,18,19,20). The summed E-state index contributed by atoms with van der Waals surface area (Å²) in [6.07, 6.45) is 2.48. The van der Waals surface area contributed by atoms with E-state index < -0.39 is 0 Å². The van der Waals surface area contributed by atoms with Crippen LogP contribution in [0.3, 0.4) is 0 Å². The molecule has 1 fully saturated rings. The van der Waals surface area contributed by atoms with Crippen LogP contribution < -0.4 is 10.6 Å². The third-order valence-electron chi connectivity index (χ3n) is 3.61. The molecule has 1 aliphatic rings. The summed E-state index contributed by atoms with van der Waals surface area (Å²) >= 11 is 1.25. The summed E-state index contributed by atoms with van der Waals surface area (Å²) in [7, 11) is 0. The maximum absolute atomic E-state index is 12.1. The van der Waals surface area contributed by atoms with Crippen molar-refractivity contribution in [2.24, 2.45) is 5.92 Å². The summed E-state index contributed by atoms with van der Waals surface area (Å²) in [5.74, 6) is 0.915. The highest BCUT2D eigenvalue weighted by molar-refractivity contribution is 7.09. The van der Waals surface area contributed by atoms with Gasteiger partial charge >= 0.3 is 0 Å². The second kappa shape index (κ2) is 6.78. The van der Waals surface area contributed by atoms with Crippen LogP contribution in [0.5, 0.6) is 0 Å². The Morgan fingerprint density at radius 1 is 1.29 bits per heavy atom. The van der Waals surface area contributed by atoms with Crippen LogP contribution in [-0.2, 0) is 11.2 Å². The van der Waals surface area contributed by atoms with E-state index in [4.69, 9.17) is 0 Å². The summed E-state index contributed by atoms with van der Waals surface area (Å²) in [6.45, 7) is 1.82. The predicted molar refractivity (Wildman–Crippen MR) is 83.4 cm³/mol. The van der Waals surface area contributed by atoms with Crippen molar-refractivity contribution < 1.29 is 4.79 Å². The van der Waals surface area contributed by atoms with Crippen molar-refractivity contribution in [2.75, 3.05) is 18.4 Å². The first kappa shape index (κ1) is 14.2. The number of aromatic nitrogens is 2. The van der Waals surface area contributed by atoms with E-state index in [0.717, 1.165) is 31.8 Å². The first-order chi connectivity index (χ1) is 10.3. The van der Waals surface area contributed by atoms with Crippen LogP contribution in [-0.4, -0.2) is 28.4 Å². The van der Waals surface area contributed by atoms with Crippen LogP contribution in [0.4, 0.5) is 5.13 Å². The molecule has 5 nitrogen and oxygen atoms in total. The fourth-order valence-electron chi connectivity index (χ4n) is 2.45. The maximum atomic E-state index is 12.1. The molecule has 0 atom stereocenters. The van der Waals surface area contributed by atoms with Gasteiger partial charge in [0, 0.05) is 23.9 Å². The molecule has 0 bridgehead atoms. The second-order valence-electron chi connectivity index (χ2n) is 5.19. The van der Waals surface area contributed by atoms with E-state index in [-0.39, 0.29) is 11.8 Å². The van der Waals surface area contributed by atoms with Gasteiger partial charge in [0.2, 0.25) is 11.0 Å². The smallest absolute Gasteiger partial charge is 0.229 e. The topological polar surface area (TPSA) is 66.9 Å². The Hall–Kier alpha value is -1.79. The number of hydrogen-bond donors (Lipinski definition) is 2. The molecule has 1 amide bonds. The fraction of sp³-hybridized carbons (Fsp3) is 0.400. The molecule has 1 aromatic carbocycles. The van der Waals surface area contributed by atoms with Crippen molar-refractivity contribution in [3.05, 3.63) is 41.7 Å². The highest BCUT2D eigenvalue weighted by Gasteiger charge is 2.21. The normalized spacial score (nSPS) is 15.8. The van der Waals surface area contributed by atoms with Crippen LogP contribution in [0, 0.1) is 5.92 Å². The second-order valence-corrected chi connectivity index (χ2v) is 5.94. The summed E-state index contributed by atoms with van der Waals surface area (Å²) in [5.41, 5.74) is 1.17. The highest BCUT2D eigenvalue weighted by atomic mass is 32.1. The molecule has 1 saturated heterocycles. The summed E-state index contributed by atoms with van der Waals surface area (Å²) in [5, 5.41) is 6.76. The maximum Gasteiger partial charge on any atom is 0.229 e. The van der Waals surface area contributed by atoms with Gasteiger partial charge in [-0.2, -0.15) is 4.37 Å². The van der Waals surface area contributed by atoms with E-state index in [0.29, 0.717) is 11.6 Å². The van der Waals surface area contributed by atoms with E-state index in [1.165, 1.54) is 17.1 Å². The fourth-order valence-corrected chi connectivity index (χ4v) is 3.04. The third kappa shape index (κ3) is 3.86. The van der Waals surface area contributed by atoms with Gasteiger partial charge in [-0.25, -0.2) is 4.98 Å². The lowest BCUT2D eigenvalue weighted by atomic mass is 9.97. The molecule has 2 N–H and O–H groups in total. The van der Waals surface area contributed by atoms with Crippen LogP contribution >= 0.6 is 11.5 Å². The van der Waals surface area contributed by atoms with Gasteiger partial charge in [-0.1, -0.05) is 30.3 Å². The van der Waals surface area contributed by atoms with Gasteiger partial charge < -0.3 is 10.6 Å². The van der Waals surface area contributed by atoms with Crippen LogP contribution in [0.1, 0.15) is 24.2 Å². The van der Waals surface area contributed by atoms with E-state index in [2.05, 4.69) is 20.0 Å². The Kier molecular flexibility index (Phi) is 4.57. The molecule has 2 aromatic rings. The van der Waals surface area contributed by atoms with Crippen molar-refractivity contribution in [1.82, 2.24) is 14.7 Å². The molecular weight excluding hydrogens is 284 g/mol. The average molecular weight is 302 g/mol. The Morgan fingerprint density at radius 3 is 2.81 bits per heavy atom.